The van der Waals surface area contributed by atoms with Gasteiger partial charge in [0.1, 0.15) is 0 Å². The van der Waals surface area contributed by atoms with Gasteiger partial charge in [-0.15, -0.1) is 10.2 Å². The van der Waals surface area contributed by atoms with E-state index in [0.717, 1.165) is 0 Å². The third-order valence-electron chi connectivity index (χ3n) is 2.72. The van der Waals surface area contributed by atoms with Crippen molar-refractivity contribution in [1.82, 2.24) is 0 Å². The van der Waals surface area contributed by atoms with Crippen LogP contribution in [0.3, 0.4) is 0 Å². The highest BCUT2D eigenvalue weighted by Crippen LogP contribution is 2.20. The maximum atomic E-state index is 8.49. The van der Waals surface area contributed by atoms with Gasteiger partial charge in [0.05, 0.1) is 5.38 Å². The molecule has 7 heteroatoms. The van der Waals surface area contributed by atoms with Crippen molar-refractivity contribution in [3.63, 3.8) is 0 Å². The molecule has 3 rings (SSSR count). The molecule has 0 saturated heterocycles. The molecule has 0 radical (unpaired) electrons. The van der Waals surface area contributed by atoms with E-state index in [9.17, 15) is 0 Å². The van der Waals surface area contributed by atoms with Crippen LogP contribution >= 0.6 is 11.3 Å². The lowest BCUT2D eigenvalue weighted by molar-refractivity contribution is -2.00. The molecule has 2 heterocycles. The molecule has 21 heavy (non-hydrogen) atoms. The lowest BCUT2D eigenvalue weighted by atomic mass is 10.1. The number of aryl methyl sites for hydroxylation is 1. The predicted molar refractivity (Wildman–Crippen MR) is 67.7 cm³/mol. The summed E-state index contributed by atoms with van der Waals surface area (Å²) in [5.74, 6) is 0. The zero-order chi connectivity index (χ0) is 15.5. The van der Waals surface area contributed by atoms with Gasteiger partial charge in [-0.2, -0.15) is 4.40 Å². The minimum Gasteiger partial charge on any atom is -0.222 e. The summed E-state index contributed by atoms with van der Waals surface area (Å²) in [4.78, 5) is 1.28. The number of rotatable bonds is 1. The molecule has 0 saturated carbocycles. The number of pyridine rings is 1. The first-order valence-electron chi connectivity index (χ1n) is 5.91. The first-order chi connectivity index (χ1) is 9.84. The highest BCUT2D eigenvalue weighted by atomic mass is 35.7. The summed E-state index contributed by atoms with van der Waals surface area (Å²) in [6.45, 7) is 2.11. The second-order valence-corrected chi connectivity index (χ2v) is 5.92. The van der Waals surface area contributed by atoms with Crippen LogP contribution < -0.4 is 23.0 Å². The fourth-order valence-electron chi connectivity index (χ4n) is 1.83. The van der Waals surface area contributed by atoms with Crippen LogP contribution in [0.1, 0.15) is 5.56 Å². The molecule has 3 aromatic rings. The Morgan fingerprint density at radius 3 is 2.19 bits per heavy atom. The highest BCUT2D eigenvalue weighted by Gasteiger charge is 2.13. The number of nitrogens with zero attached hydrogens (tertiary/aromatic N) is 1. The zero-order valence-corrected chi connectivity index (χ0v) is 12.6. The lowest BCUT2D eigenvalue weighted by Gasteiger charge is -2.17. The van der Waals surface area contributed by atoms with Gasteiger partial charge in [-0.25, -0.2) is 18.6 Å². The van der Waals surface area contributed by atoms with Crippen molar-refractivity contribution in [2.24, 2.45) is 0 Å². The molecule has 5 nitrogen and oxygen atoms in total. The molecule has 110 valence electrons. The van der Waals surface area contributed by atoms with Crippen molar-refractivity contribution in [3.05, 3.63) is 59.6 Å². The predicted octanol–water partition coefficient (Wildman–Crippen LogP) is -1.29. The zero-order valence-electron chi connectivity index (χ0n) is 11.1. The fraction of sp³-hybridized carbons (Fsp3) is 0.0714. The number of hydrogen-bond donors (Lipinski definition) is 0. The van der Waals surface area contributed by atoms with Crippen molar-refractivity contribution in [3.8, 4) is 11.3 Å². The molecule has 0 bridgehead atoms. The summed E-state index contributed by atoms with van der Waals surface area (Å²) in [5, 5.41) is 2.21. The SMILES string of the molecule is Cc1ccc(-c2csc3cccc[n+]23)cc1.[O-][Cl+3]([O-])([O-])[O-]. The number of hydrogen-bond acceptors (Lipinski definition) is 5. The maximum absolute atomic E-state index is 8.49. The number of halogens is 1. The van der Waals surface area contributed by atoms with Gasteiger partial charge in [0.25, 0.3) is 4.83 Å². The second-order valence-electron chi connectivity index (χ2n) is 4.27. The number of thiazole rings is 1. The van der Waals surface area contributed by atoms with Gasteiger partial charge >= 0.3 is 0 Å². The van der Waals surface area contributed by atoms with E-state index < -0.39 is 10.2 Å². The van der Waals surface area contributed by atoms with Crippen LogP contribution in [-0.2, 0) is 0 Å². The van der Waals surface area contributed by atoms with E-state index in [4.69, 9.17) is 18.6 Å². The topological polar surface area (TPSA) is 96.3 Å². The molecule has 0 amide bonds. The monoisotopic (exact) mass is 325 g/mol. The maximum Gasteiger partial charge on any atom is 0.267 e. The molecular weight excluding hydrogens is 314 g/mol. The molecule has 2 aromatic heterocycles. The smallest absolute Gasteiger partial charge is 0.222 e. The Bertz CT molecular complexity index is 716. The molecule has 0 fully saturated rings. The van der Waals surface area contributed by atoms with Crippen molar-refractivity contribution < 1.29 is 33.3 Å². The average molecular weight is 326 g/mol. The van der Waals surface area contributed by atoms with E-state index >= 15 is 0 Å². The summed E-state index contributed by atoms with van der Waals surface area (Å²) in [5.41, 5.74) is 3.84. The van der Waals surface area contributed by atoms with Crippen molar-refractivity contribution in [2.75, 3.05) is 0 Å². The van der Waals surface area contributed by atoms with Crippen molar-refractivity contribution >= 4 is 16.2 Å². The first-order valence-corrected chi connectivity index (χ1v) is 8.03. The Labute approximate surface area is 127 Å². The largest absolute Gasteiger partial charge is 0.267 e. The Balaban J connectivity index is 0.000000282. The number of fused-ring (bicyclic) bond motifs is 1. The van der Waals surface area contributed by atoms with Crippen LogP contribution in [0.2, 0.25) is 0 Å². The minimum absolute atomic E-state index is 1.26. The summed E-state index contributed by atoms with van der Waals surface area (Å²) >= 11 is 1.78. The highest BCUT2D eigenvalue weighted by molar-refractivity contribution is 7.15. The minimum atomic E-state index is -4.94. The summed E-state index contributed by atoms with van der Waals surface area (Å²) < 4.78 is 36.2. The van der Waals surface area contributed by atoms with Crippen LogP contribution in [0, 0.1) is 17.2 Å². The lowest BCUT2D eigenvalue weighted by Crippen LogP contribution is -2.68. The second kappa shape index (κ2) is 6.48. The molecular formula is C14H12ClNO4S. The van der Waals surface area contributed by atoms with Crippen LogP contribution in [0.5, 0.6) is 0 Å². The third-order valence-corrected chi connectivity index (χ3v) is 3.64. The Morgan fingerprint density at radius 1 is 0.952 bits per heavy atom. The van der Waals surface area contributed by atoms with Gasteiger partial charge < -0.3 is 0 Å². The van der Waals surface area contributed by atoms with Crippen LogP contribution in [0.25, 0.3) is 16.1 Å². The Hall–Kier alpha value is -1.54. The van der Waals surface area contributed by atoms with E-state index in [1.807, 2.05) is 0 Å². The van der Waals surface area contributed by atoms with Crippen LogP contribution in [0.4, 0.5) is 0 Å². The first kappa shape index (κ1) is 15.8. The van der Waals surface area contributed by atoms with E-state index in [2.05, 4.69) is 65.4 Å². The number of aromatic nitrogens is 1. The standard InChI is InChI=1S/C14H12NS.ClHO4/c1-11-5-7-12(8-6-11)13-10-16-14-4-2-3-9-15(13)14;2-1(3,4)5/h2-10H,1H3;(H,2,3,4,5)/q+1;/p-1. The van der Waals surface area contributed by atoms with Crippen molar-refractivity contribution in [2.45, 2.75) is 6.92 Å². The van der Waals surface area contributed by atoms with E-state index in [-0.39, 0.29) is 0 Å². The molecule has 0 aliphatic rings. The van der Waals surface area contributed by atoms with E-state index in [0.29, 0.717) is 0 Å². The van der Waals surface area contributed by atoms with Crippen LogP contribution in [0.15, 0.2) is 54.0 Å². The van der Waals surface area contributed by atoms with E-state index in [1.54, 1.807) is 11.3 Å². The van der Waals surface area contributed by atoms with Gasteiger partial charge in [-0.3, -0.25) is 0 Å². The van der Waals surface area contributed by atoms with E-state index in [1.165, 1.54) is 21.7 Å². The Kier molecular flexibility index (Phi) is 4.89. The average Bonchev–Trinajstić information content (AvgIpc) is 2.82. The van der Waals surface area contributed by atoms with Gasteiger partial charge in [0, 0.05) is 17.7 Å². The van der Waals surface area contributed by atoms with Gasteiger partial charge in [0.2, 0.25) is 5.69 Å². The molecule has 0 aliphatic carbocycles. The van der Waals surface area contributed by atoms with Gasteiger partial charge in [-0.1, -0.05) is 29.0 Å². The fourth-order valence-corrected chi connectivity index (χ4v) is 2.74. The third kappa shape index (κ3) is 4.75. The van der Waals surface area contributed by atoms with Gasteiger partial charge in [-0.05, 0) is 25.1 Å². The normalized spacial score (nSPS) is 11.1. The molecule has 0 aliphatic heterocycles. The Morgan fingerprint density at radius 2 is 1.57 bits per heavy atom. The summed E-state index contributed by atoms with van der Waals surface area (Å²) in [6, 6.07) is 14.9. The molecule has 0 unspecified atom stereocenters. The number of benzene rings is 1. The molecule has 1 aromatic carbocycles. The molecule has 0 N–H and O–H groups in total. The quantitative estimate of drug-likeness (QED) is 0.520. The molecule has 0 spiro atoms. The van der Waals surface area contributed by atoms with Crippen molar-refractivity contribution in [1.29, 1.82) is 0 Å². The van der Waals surface area contributed by atoms with Crippen LogP contribution in [-0.4, -0.2) is 0 Å². The molecule has 0 atom stereocenters. The van der Waals surface area contributed by atoms with Gasteiger partial charge in [0.15, 0.2) is 6.20 Å². The summed E-state index contributed by atoms with van der Waals surface area (Å²) in [7, 11) is -4.94. The summed E-state index contributed by atoms with van der Waals surface area (Å²) in [6.07, 6.45) is 2.11.